The van der Waals surface area contributed by atoms with Gasteiger partial charge in [-0.15, -0.1) is 11.8 Å². The molecule has 2 unspecified atom stereocenters. The molecular formula is C15H17F3O2S. The van der Waals surface area contributed by atoms with Gasteiger partial charge in [0.1, 0.15) is 0 Å². The Morgan fingerprint density at radius 3 is 2.62 bits per heavy atom. The van der Waals surface area contributed by atoms with Gasteiger partial charge in [0, 0.05) is 10.1 Å². The number of carboxylic acid groups (broad SMARTS) is 1. The van der Waals surface area contributed by atoms with E-state index in [4.69, 9.17) is 5.11 Å². The van der Waals surface area contributed by atoms with Crippen LogP contribution in [0.2, 0.25) is 0 Å². The SMILES string of the molecule is CC1CCCC(Sc2ccc(C(=O)O)c(C(F)(F)F)c2)C1. The van der Waals surface area contributed by atoms with Gasteiger partial charge >= 0.3 is 12.1 Å². The molecule has 6 heteroatoms. The highest BCUT2D eigenvalue weighted by molar-refractivity contribution is 8.00. The van der Waals surface area contributed by atoms with Crippen molar-refractivity contribution < 1.29 is 23.1 Å². The summed E-state index contributed by atoms with van der Waals surface area (Å²) in [6, 6.07) is 3.50. The van der Waals surface area contributed by atoms with E-state index in [0.29, 0.717) is 16.1 Å². The van der Waals surface area contributed by atoms with Crippen molar-refractivity contribution in [2.75, 3.05) is 0 Å². The van der Waals surface area contributed by atoms with E-state index in [2.05, 4.69) is 6.92 Å². The highest BCUT2D eigenvalue weighted by Gasteiger charge is 2.35. The molecule has 1 aliphatic rings. The van der Waals surface area contributed by atoms with Gasteiger partial charge in [-0.3, -0.25) is 0 Å². The van der Waals surface area contributed by atoms with E-state index >= 15 is 0 Å². The molecule has 0 bridgehead atoms. The highest BCUT2D eigenvalue weighted by atomic mass is 32.2. The van der Waals surface area contributed by atoms with E-state index in [0.717, 1.165) is 31.4 Å². The molecule has 1 fully saturated rings. The van der Waals surface area contributed by atoms with Crippen LogP contribution < -0.4 is 0 Å². The van der Waals surface area contributed by atoms with Crippen LogP contribution >= 0.6 is 11.8 Å². The summed E-state index contributed by atoms with van der Waals surface area (Å²) in [5.74, 6) is -0.957. The second kappa shape index (κ2) is 6.30. The lowest BCUT2D eigenvalue weighted by Crippen LogP contribution is -2.16. The molecule has 0 radical (unpaired) electrons. The second-order valence-corrected chi connectivity index (χ2v) is 6.90. The first-order chi connectivity index (χ1) is 9.77. The van der Waals surface area contributed by atoms with Crippen molar-refractivity contribution in [2.45, 2.75) is 48.9 Å². The van der Waals surface area contributed by atoms with Crippen molar-refractivity contribution >= 4 is 17.7 Å². The molecule has 0 aromatic heterocycles. The smallest absolute Gasteiger partial charge is 0.417 e. The minimum absolute atomic E-state index is 0.311. The van der Waals surface area contributed by atoms with Gasteiger partial charge in [-0.05, 0) is 37.0 Å². The molecule has 2 nitrogen and oxygen atoms in total. The summed E-state index contributed by atoms with van der Waals surface area (Å²) in [6.45, 7) is 2.15. The molecular weight excluding hydrogens is 301 g/mol. The molecule has 0 aliphatic heterocycles. The molecule has 116 valence electrons. The lowest BCUT2D eigenvalue weighted by Gasteiger charge is -2.26. The lowest BCUT2D eigenvalue weighted by molar-refractivity contribution is -0.138. The van der Waals surface area contributed by atoms with Gasteiger partial charge in [0.2, 0.25) is 0 Å². The first-order valence-corrected chi connectivity index (χ1v) is 7.76. The van der Waals surface area contributed by atoms with Gasteiger partial charge in [-0.2, -0.15) is 13.2 Å². The number of hydrogen-bond donors (Lipinski definition) is 1. The van der Waals surface area contributed by atoms with E-state index in [1.807, 2.05) is 0 Å². The Balaban J connectivity index is 2.23. The molecule has 2 atom stereocenters. The number of rotatable bonds is 3. The summed E-state index contributed by atoms with van der Waals surface area (Å²) in [6.07, 6.45) is -0.394. The van der Waals surface area contributed by atoms with Crippen LogP contribution in [0.15, 0.2) is 23.1 Å². The number of carboxylic acids is 1. The number of carbonyl (C=O) groups is 1. The number of hydrogen-bond acceptors (Lipinski definition) is 2. The molecule has 1 aromatic carbocycles. The summed E-state index contributed by atoms with van der Waals surface area (Å²) in [5.41, 5.74) is -1.76. The van der Waals surface area contributed by atoms with Crippen molar-refractivity contribution in [2.24, 2.45) is 5.92 Å². The average molecular weight is 318 g/mol. The Bertz CT molecular complexity index is 528. The van der Waals surface area contributed by atoms with Gasteiger partial charge in [0.15, 0.2) is 0 Å². The van der Waals surface area contributed by atoms with Gasteiger partial charge in [-0.25, -0.2) is 4.79 Å². The Labute approximate surface area is 125 Å². The van der Waals surface area contributed by atoms with E-state index in [1.54, 1.807) is 0 Å². The topological polar surface area (TPSA) is 37.3 Å². The normalized spacial score (nSPS) is 23.0. The van der Waals surface area contributed by atoms with Crippen LogP contribution in [0, 0.1) is 5.92 Å². The van der Waals surface area contributed by atoms with Gasteiger partial charge in [0.25, 0.3) is 0 Å². The fraction of sp³-hybridized carbons (Fsp3) is 0.533. The molecule has 1 N–H and O–H groups in total. The molecule has 21 heavy (non-hydrogen) atoms. The Morgan fingerprint density at radius 1 is 1.33 bits per heavy atom. The standard InChI is InChI=1S/C15H17F3O2S/c1-9-3-2-4-10(7-9)21-11-5-6-12(14(19)20)13(8-11)15(16,17)18/h5-6,8-10H,2-4,7H2,1H3,(H,19,20). The highest BCUT2D eigenvalue weighted by Crippen LogP contribution is 2.39. The maximum Gasteiger partial charge on any atom is 0.417 e. The quantitative estimate of drug-likeness (QED) is 0.845. The number of alkyl halides is 3. The molecule has 0 amide bonds. The van der Waals surface area contributed by atoms with Crippen LogP contribution in [0.4, 0.5) is 13.2 Å². The fourth-order valence-electron chi connectivity index (χ4n) is 2.70. The molecule has 2 rings (SSSR count). The summed E-state index contributed by atoms with van der Waals surface area (Å²) >= 11 is 1.43. The van der Waals surface area contributed by atoms with Gasteiger partial charge in [-0.1, -0.05) is 19.8 Å². The summed E-state index contributed by atoms with van der Waals surface area (Å²) in [4.78, 5) is 11.4. The zero-order chi connectivity index (χ0) is 15.6. The fourth-order valence-corrected chi connectivity index (χ4v) is 4.12. The first-order valence-electron chi connectivity index (χ1n) is 6.88. The van der Waals surface area contributed by atoms with Gasteiger partial charge < -0.3 is 5.11 Å². The number of thioether (sulfide) groups is 1. The summed E-state index contributed by atoms with van der Waals surface area (Å²) in [7, 11) is 0. The van der Waals surface area contributed by atoms with Gasteiger partial charge in [0.05, 0.1) is 11.1 Å². The Hall–Kier alpha value is -1.17. The third-order valence-electron chi connectivity index (χ3n) is 3.72. The van der Waals surface area contributed by atoms with Crippen LogP contribution in [0.1, 0.15) is 48.5 Å². The molecule has 0 saturated heterocycles. The van der Waals surface area contributed by atoms with Crippen molar-refractivity contribution in [1.29, 1.82) is 0 Å². The van der Waals surface area contributed by atoms with Crippen molar-refractivity contribution in [3.05, 3.63) is 29.3 Å². The van der Waals surface area contributed by atoms with E-state index in [1.165, 1.54) is 24.2 Å². The van der Waals surface area contributed by atoms with E-state index in [9.17, 15) is 18.0 Å². The molecule has 1 saturated carbocycles. The van der Waals surface area contributed by atoms with Crippen LogP contribution in [0.5, 0.6) is 0 Å². The maximum absolute atomic E-state index is 13.0. The minimum atomic E-state index is -4.65. The van der Waals surface area contributed by atoms with Crippen LogP contribution in [-0.2, 0) is 6.18 Å². The maximum atomic E-state index is 13.0. The summed E-state index contributed by atoms with van der Waals surface area (Å²) in [5, 5.41) is 9.18. The number of aromatic carboxylic acids is 1. The van der Waals surface area contributed by atoms with Crippen LogP contribution in [0.25, 0.3) is 0 Å². The van der Waals surface area contributed by atoms with E-state index < -0.39 is 23.3 Å². The number of halogens is 3. The molecule has 0 heterocycles. The predicted molar refractivity (Wildman–Crippen MR) is 75.7 cm³/mol. The minimum Gasteiger partial charge on any atom is -0.478 e. The monoisotopic (exact) mass is 318 g/mol. The average Bonchev–Trinajstić information content (AvgIpc) is 2.37. The van der Waals surface area contributed by atoms with Crippen molar-refractivity contribution in [3.8, 4) is 0 Å². The Kier molecular flexibility index (Phi) is 4.86. The lowest BCUT2D eigenvalue weighted by atomic mass is 9.91. The third-order valence-corrected chi connectivity index (χ3v) is 5.01. The van der Waals surface area contributed by atoms with Crippen molar-refractivity contribution in [3.63, 3.8) is 0 Å². The zero-order valence-corrected chi connectivity index (χ0v) is 12.4. The predicted octanol–water partition coefficient (Wildman–Crippen LogP) is 5.07. The zero-order valence-electron chi connectivity index (χ0n) is 11.6. The third kappa shape index (κ3) is 4.15. The molecule has 0 spiro atoms. The molecule has 1 aromatic rings. The molecule has 1 aliphatic carbocycles. The Morgan fingerprint density at radius 2 is 2.05 bits per heavy atom. The summed E-state index contributed by atoms with van der Waals surface area (Å²) < 4.78 is 38.9. The second-order valence-electron chi connectivity index (χ2n) is 5.52. The largest absolute Gasteiger partial charge is 0.478 e. The van der Waals surface area contributed by atoms with E-state index in [-0.39, 0.29) is 0 Å². The van der Waals surface area contributed by atoms with Crippen LogP contribution in [-0.4, -0.2) is 16.3 Å². The van der Waals surface area contributed by atoms with Crippen molar-refractivity contribution in [1.82, 2.24) is 0 Å². The first kappa shape index (κ1) is 16.2. The van der Waals surface area contributed by atoms with Crippen LogP contribution in [0.3, 0.4) is 0 Å². The number of benzene rings is 1.